The Balaban J connectivity index is 0.738. The number of benzene rings is 2. The molecule has 4 aromatic heterocycles. The average molecular weight is 932 g/mol. The lowest BCUT2D eigenvalue weighted by Crippen LogP contribution is -2.52. The molecule has 1 unspecified atom stereocenters. The lowest BCUT2D eigenvalue weighted by atomic mass is 10.0. The number of carbonyl (C=O) groups is 5. The topological polar surface area (TPSA) is 280 Å². The van der Waals surface area contributed by atoms with Gasteiger partial charge in [0.05, 0.1) is 76.7 Å². The first kappa shape index (κ1) is 46.4. The van der Waals surface area contributed by atoms with Gasteiger partial charge in [0, 0.05) is 61.9 Å². The lowest BCUT2D eigenvalue weighted by molar-refractivity contribution is -0.137. The summed E-state index contributed by atoms with van der Waals surface area (Å²) < 4.78 is 29.2. The molecular weight excluding hydrogens is 883 g/mol. The molecule has 2 aromatic carbocycles. The van der Waals surface area contributed by atoms with Crippen LogP contribution in [0, 0.1) is 6.92 Å². The van der Waals surface area contributed by atoms with Crippen LogP contribution in [0.15, 0.2) is 65.6 Å². The van der Waals surface area contributed by atoms with Gasteiger partial charge in [0.1, 0.15) is 11.7 Å². The van der Waals surface area contributed by atoms with E-state index in [9.17, 15) is 24.0 Å². The van der Waals surface area contributed by atoms with Crippen LogP contribution in [0.4, 0.5) is 21.9 Å². The van der Waals surface area contributed by atoms with Gasteiger partial charge in [-0.25, -0.2) is 14.3 Å². The molecule has 1 atom stereocenters. The Morgan fingerprint density at radius 3 is 2.50 bits per heavy atom. The first-order valence-electron chi connectivity index (χ1n) is 21.6. The molecule has 6 aromatic rings. The fourth-order valence-electron chi connectivity index (χ4n) is 7.82. The van der Waals surface area contributed by atoms with Gasteiger partial charge in [-0.15, -0.1) is 0 Å². The van der Waals surface area contributed by atoms with Crippen LogP contribution in [-0.4, -0.2) is 125 Å². The van der Waals surface area contributed by atoms with E-state index in [0.717, 1.165) is 11.3 Å². The highest BCUT2D eigenvalue weighted by molar-refractivity contribution is 6.05. The first-order chi connectivity index (χ1) is 33.0. The van der Waals surface area contributed by atoms with E-state index in [1.807, 2.05) is 12.1 Å². The Kier molecular flexibility index (Phi) is 14.3. The summed E-state index contributed by atoms with van der Waals surface area (Å²) in [6, 6.07) is 11.2. The smallest absolute Gasteiger partial charge is 0.323 e. The van der Waals surface area contributed by atoms with E-state index in [0.29, 0.717) is 102 Å². The number of urea groups is 1. The van der Waals surface area contributed by atoms with Crippen LogP contribution in [0.1, 0.15) is 46.6 Å². The quantitative estimate of drug-likeness (QED) is 0.0473. The van der Waals surface area contributed by atoms with Crippen LogP contribution in [0.3, 0.4) is 0 Å². The highest BCUT2D eigenvalue weighted by Gasteiger charge is 2.39. The minimum atomic E-state index is -0.650. The van der Waals surface area contributed by atoms with Gasteiger partial charge < -0.3 is 55.0 Å². The zero-order valence-electron chi connectivity index (χ0n) is 37.6. The normalized spacial score (nSPS) is 14.4. The molecule has 23 nitrogen and oxygen atoms in total. The molecule has 2 aliphatic rings. The molecule has 2 aliphatic heterocycles. The summed E-state index contributed by atoms with van der Waals surface area (Å²) in [7, 11) is 4.54. The number of amides is 6. The molecule has 0 radical (unpaired) electrons. The van der Waals surface area contributed by atoms with Gasteiger partial charge in [0.2, 0.25) is 35.2 Å². The highest BCUT2D eigenvalue weighted by Crippen LogP contribution is 2.42. The van der Waals surface area contributed by atoms with Crippen molar-refractivity contribution < 1.29 is 47.4 Å². The molecule has 0 spiro atoms. The summed E-state index contributed by atoms with van der Waals surface area (Å²) in [5.74, 6) is 0.429. The van der Waals surface area contributed by atoms with Crippen LogP contribution in [-0.2, 0) is 32.2 Å². The molecule has 0 aliphatic carbocycles. The standard InChI is InChI=1S/C45H49N13O10/c1-25-17-29(52-45(63)53-31-22-48-35-9-11-51-58(35)40(31)26-19-33(64-2)41(66-4)34(20-26)65-3)21-50-39(25)42-55-38(68-56-42)23-49-36(59)10-15-67-16-14-46-12-13-47-28-5-6-30-27(18-28)24-57(44(30)62)32-7-8-37(60)54-43(32)61/h5-6,9,11,17-22,32,46-47H,7-8,10,12-16,23-24H2,1-4H3,(H,49,59)(H2,52,53,63)(H,54,60,61). The molecule has 0 bridgehead atoms. The van der Waals surface area contributed by atoms with Crippen LogP contribution in [0.5, 0.6) is 17.2 Å². The second-order valence-corrected chi connectivity index (χ2v) is 15.6. The second-order valence-electron chi connectivity index (χ2n) is 15.6. The molecule has 1 fully saturated rings. The Bertz CT molecular complexity index is 2840. The number of piperidine rings is 1. The molecule has 6 heterocycles. The first-order valence-corrected chi connectivity index (χ1v) is 21.6. The fourth-order valence-corrected chi connectivity index (χ4v) is 7.82. The van der Waals surface area contributed by atoms with Gasteiger partial charge in [-0.3, -0.25) is 29.5 Å². The van der Waals surface area contributed by atoms with Gasteiger partial charge in [-0.05, 0) is 60.9 Å². The maximum Gasteiger partial charge on any atom is 0.323 e. The van der Waals surface area contributed by atoms with Crippen LogP contribution in [0.25, 0.3) is 28.4 Å². The summed E-state index contributed by atoms with van der Waals surface area (Å²) in [4.78, 5) is 77.4. The van der Waals surface area contributed by atoms with Crippen molar-refractivity contribution >= 4 is 52.4 Å². The van der Waals surface area contributed by atoms with E-state index in [1.54, 1.807) is 48.0 Å². The zero-order valence-corrected chi connectivity index (χ0v) is 37.6. The number of pyridine rings is 1. The zero-order chi connectivity index (χ0) is 47.7. The number of nitrogens with one attached hydrogen (secondary N) is 6. The molecular formula is C45H49N13O10. The Labute approximate surface area is 388 Å². The molecule has 0 saturated carbocycles. The van der Waals surface area contributed by atoms with Crippen LogP contribution >= 0.6 is 0 Å². The molecule has 1 saturated heterocycles. The number of carbonyl (C=O) groups excluding carboxylic acids is 5. The summed E-state index contributed by atoms with van der Waals surface area (Å²) in [5.41, 5.74) is 5.75. The number of nitrogens with zero attached hydrogens (tertiary/aromatic N) is 7. The number of anilines is 3. The minimum absolute atomic E-state index is 0.00905. The van der Waals surface area contributed by atoms with Crippen molar-refractivity contribution in [3.05, 3.63) is 83.6 Å². The van der Waals surface area contributed by atoms with Gasteiger partial charge in [-0.2, -0.15) is 10.1 Å². The third-order valence-corrected chi connectivity index (χ3v) is 11.1. The number of ether oxygens (including phenoxy) is 4. The number of aromatic nitrogens is 6. The van der Waals surface area contributed by atoms with Crippen molar-refractivity contribution in [2.24, 2.45) is 0 Å². The minimum Gasteiger partial charge on any atom is -0.493 e. The SMILES string of the molecule is COc1cc(-c2c(NC(=O)Nc3cnc(-c4noc(CNC(=O)CCOCCNCCNc5ccc6c(c5)CN(C5CCC(=O)NC5=O)C6=O)n4)c(C)c3)cnc3ccnn23)cc(OC)c1OC. The van der Waals surface area contributed by atoms with Crippen molar-refractivity contribution in [1.82, 2.24) is 50.6 Å². The molecule has 23 heteroatoms. The number of aryl methyl sites for hydroxylation is 1. The molecule has 6 N–H and O–H groups in total. The lowest BCUT2D eigenvalue weighted by Gasteiger charge is -2.29. The molecule has 6 amide bonds. The van der Waals surface area contributed by atoms with Crippen molar-refractivity contribution in [3.8, 4) is 40.0 Å². The number of hydrogen-bond donors (Lipinski definition) is 6. The van der Waals surface area contributed by atoms with Gasteiger partial charge in [-0.1, -0.05) is 5.16 Å². The third kappa shape index (κ3) is 10.4. The summed E-state index contributed by atoms with van der Waals surface area (Å²) >= 11 is 0. The molecule has 8 rings (SSSR count). The molecule has 354 valence electrons. The maximum absolute atomic E-state index is 13.4. The van der Waals surface area contributed by atoms with E-state index in [1.165, 1.54) is 38.6 Å². The number of methoxy groups -OCH3 is 3. The van der Waals surface area contributed by atoms with Gasteiger partial charge >= 0.3 is 6.03 Å². The van der Waals surface area contributed by atoms with E-state index >= 15 is 0 Å². The van der Waals surface area contributed by atoms with Crippen molar-refractivity contribution in [1.29, 1.82) is 0 Å². The van der Waals surface area contributed by atoms with Crippen molar-refractivity contribution in [2.45, 2.75) is 45.3 Å². The number of hydrogen-bond acceptors (Lipinski definition) is 17. The Morgan fingerprint density at radius 2 is 1.74 bits per heavy atom. The van der Waals surface area contributed by atoms with Crippen LogP contribution < -0.4 is 46.1 Å². The van der Waals surface area contributed by atoms with Crippen molar-refractivity contribution in [3.63, 3.8) is 0 Å². The summed E-state index contributed by atoms with van der Waals surface area (Å²) in [5, 5.41) is 25.8. The largest absolute Gasteiger partial charge is 0.493 e. The highest BCUT2D eigenvalue weighted by atomic mass is 16.5. The van der Waals surface area contributed by atoms with Gasteiger partial charge in [0.15, 0.2) is 17.1 Å². The van der Waals surface area contributed by atoms with E-state index in [4.69, 9.17) is 23.5 Å². The van der Waals surface area contributed by atoms with Gasteiger partial charge in [0.25, 0.3) is 5.91 Å². The van der Waals surface area contributed by atoms with E-state index < -0.39 is 18.0 Å². The number of fused-ring (bicyclic) bond motifs is 2. The predicted molar refractivity (Wildman–Crippen MR) is 244 cm³/mol. The summed E-state index contributed by atoms with van der Waals surface area (Å²) in [6.07, 6.45) is 5.25. The Morgan fingerprint density at radius 1 is 0.912 bits per heavy atom. The number of imide groups is 1. The van der Waals surface area contributed by atoms with E-state index in [-0.39, 0.29) is 55.4 Å². The third-order valence-electron chi connectivity index (χ3n) is 11.1. The van der Waals surface area contributed by atoms with Crippen molar-refractivity contribution in [2.75, 3.05) is 70.1 Å². The van der Waals surface area contributed by atoms with Crippen LogP contribution in [0.2, 0.25) is 0 Å². The fraction of sp³-hybridized carbons (Fsp3) is 0.333. The monoisotopic (exact) mass is 931 g/mol. The average Bonchev–Trinajstić information content (AvgIpc) is 4.09. The predicted octanol–water partition coefficient (Wildman–Crippen LogP) is 3.31. The van der Waals surface area contributed by atoms with E-state index in [2.05, 4.69) is 57.1 Å². The second kappa shape index (κ2) is 21.0. The Hall–Kier alpha value is -8.18. The maximum atomic E-state index is 13.4. The molecule has 68 heavy (non-hydrogen) atoms. The number of rotatable bonds is 20. The summed E-state index contributed by atoms with van der Waals surface area (Å²) in [6.45, 7) is 4.57.